The van der Waals surface area contributed by atoms with Crippen LogP contribution in [0.2, 0.25) is 0 Å². The highest BCUT2D eigenvalue weighted by Gasteiger charge is 2.11. The molecule has 1 heterocycles. The van der Waals surface area contributed by atoms with Crippen molar-refractivity contribution >= 4 is 5.91 Å². The highest BCUT2D eigenvalue weighted by Crippen LogP contribution is 2.17. The molecule has 0 unspecified atom stereocenters. The van der Waals surface area contributed by atoms with Crippen molar-refractivity contribution in [2.24, 2.45) is 5.73 Å². The van der Waals surface area contributed by atoms with Crippen molar-refractivity contribution in [3.63, 3.8) is 0 Å². The average Bonchev–Trinajstić information content (AvgIpc) is 2.81. The quantitative estimate of drug-likeness (QED) is 0.860. The summed E-state index contributed by atoms with van der Waals surface area (Å²) in [5, 5.41) is 0. The van der Waals surface area contributed by atoms with E-state index in [-0.39, 0.29) is 0 Å². The van der Waals surface area contributed by atoms with Crippen molar-refractivity contribution in [3.8, 4) is 5.75 Å². The summed E-state index contributed by atoms with van der Waals surface area (Å²) in [6.07, 6.45) is 2.58. The molecule has 0 saturated carbocycles. The number of nitrogens with zero attached hydrogens (tertiary/aromatic N) is 1. The first-order valence-electron chi connectivity index (χ1n) is 6.42. The Labute approximate surface area is 108 Å². The molecule has 2 rings (SSSR count). The highest BCUT2D eigenvalue weighted by atomic mass is 16.5. The Balaban J connectivity index is 1.89. The first-order valence-corrected chi connectivity index (χ1v) is 6.42. The van der Waals surface area contributed by atoms with Gasteiger partial charge in [0.25, 0.3) is 0 Å². The molecule has 2 N–H and O–H groups in total. The maximum absolute atomic E-state index is 11.1. The zero-order valence-corrected chi connectivity index (χ0v) is 10.8. The third kappa shape index (κ3) is 3.47. The Hall–Kier alpha value is -1.55. The number of hydrogen-bond donors (Lipinski definition) is 1. The predicted octanol–water partition coefficient (Wildman–Crippen LogP) is 1.57. The number of likely N-dealkylation sites (tertiary alicyclic amines) is 1. The number of amides is 1. The molecule has 1 amide bonds. The Kier molecular flexibility index (Phi) is 4.20. The minimum Gasteiger partial charge on any atom is -0.492 e. The van der Waals surface area contributed by atoms with Gasteiger partial charge in [0.1, 0.15) is 12.4 Å². The zero-order chi connectivity index (χ0) is 13.0. The second-order valence-electron chi connectivity index (χ2n) is 4.80. The van der Waals surface area contributed by atoms with Gasteiger partial charge in [-0.3, -0.25) is 9.69 Å². The Morgan fingerprint density at radius 3 is 2.72 bits per heavy atom. The van der Waals surface area contributed by atoms with Crippen LogP contribution in [0.1, 0.15) is 28.8 Å². The van der Waals surface area contributed by atoms with Crippen LogP contribution in [-0.4, -0.2) is 37.0 Å². The van der Waals surface area contributed by atoms with E-state index < -0.39 is 5.91 Å². The largest absolute Gasteiger partial charge is 0.492 e. The number of carbonyl (C=O) groups is 1. The predicted molar refractivity (Wildman–Crippen MR) is 70.9 cm³/mol. The van der Waals surface area contributed by atoms with Crippen molar-refractivity contribution in [1.82, 2.24) is 4.90 Å². The van der Waals surface area contributed by atoms with E-state index in [1.54, 1.807) is 12.1 Å². The summed E-state index contributed by atoms with van der Waals surface area (Å²) in [6, 6.07) is 5.41. The van der Waals surface area contributed by atoms with E-state index in [1.807, 2.05) is 13.0 Å². The maximum atomic E-state index is 11.1. The van der Waals surface area contributed by atoms with E-state index in [4.69, 9.17) is 10.5 Å². The van der Waals surface area contributed by atoms with Crippen molar-refractivity contribution < 1.29 is 9.53 Å². The van der Waals surface area contributed by atoms with Crippen molar-refractivity contribution in [2.75, 3.05) is 26.2 Å². The Bertz CT molecular complexity index is 426. The monoisotopic (exact) mass is 248 g/mol. The normalized spacial score (nSPS) is 15.8. The molecule has 1 aromatic rings. The zero-order valence-electron chi connectivity index (χ0n) is 10.8. The molecule has 0 atom stereocenters. The fraction of sp³-hybridized carbons (Fsp3) is 0.500. The molecular formula is C14H20N2O2. The van der Waals surface area contributed by atoms with E-state index >= 15 is 0 Å². The van der Waals surface area contributed by atoms with Gasteiger partial charge in [-0.2, -0.15) is 0 Å². The number of primary amides is 1. The smallest absolute Gasteiger partial charge is 0.248 e. The van der Waals surface area contributed by atoms with Gasteiger partial charge in [-0.15, -0.1) is 0 Å². The fourth-order valence-corrected chi connectivity index (χ4v) is 2.27. The molecule has 0 spiro atoms. The SMILES string of the molecule is Cc1cc(OCCN2CCCC2)cc(C(N)=O)c1. The van der Waals surface area contributed by atoms with Gasteiger partial charge in [-0.05, 0) is 56.6 Å². The van der Waals surface area contributed by atoms with Crippen LogP contribution in [0.4, 0.5) is 0 Å². The minimum absolute atomic E-state index is 0.414. The molecule has 4 nitrogen and oxygen atoms in total. The van der Waals surface area contributed by atoms with Crippen LogP contribution < -0.4 is 10.5 Å². The number of hydrogen-bond acceptors (Lipinski definition) is 3. The van der Waals surface area contributed by atoms with Gasteiger partial charge < -0.3 is 10.5 Å². The second-order valence-corrected chi connectivity index (χ2v) is 4.80. The summed E-state index contributed by atoms with van der Waals surface area (Å²) in [7, 11) is 0. The topological polar surface area (TPSA) is 55.6 Å². The lowest BCUT2D eigenvalue weighted by molar-refractivity contribution is 0.0999. The highest BCUT2D eigenvalue weighted by molar-refractivity contribution is 5.93. The molecule has 0 aromatic heterocycles. The van der Waals surface area contributed by atoms with Gasteiger partial charge in [-0.25, -0.2) is 0 Å². The van der Waals surface area contributed by atoms with Crippen molar-refractivity contribution in [2.45, 2.75) is 19.8 Å². The number of aryl methyl sites for hydroxylation is 1. The summed E-state index contributed by atoms with van der Waals surface area (Å²) >= 11 is 0. The van der Waals surface area contributed by atoms with Crippen LogP contribution >= 0.6 is 0 Å². The van der Waals surface area contributed by atoms with Crippen molar-refractivity contribution in [1.29, 1.82) is 0 Å². The molecule has 18 heavy (non-hydrogen) atoms. The van der Waals surface area contributed by atoms with Crippen LogP contribution in [-0.2, 0) is 0 Å². The van der Waals surface area contributed by atoms with Crippen LogP contribution in [0, 0.1) is 6.92 Å². The molecule has 4 heteroatoms. The third-order valence-corrected chi connectivity index (χ3v) is 3.21. The van der Waals surface area contributed by atoms with E-state index in [1.165, 1.54) is 25.9 Å². The van der Waals surface area contributed by atoms with Crippen LogP contribution in [0.3, 0.4) is 0 Å². The molecule has 0 bridgehead atoms. The Morgan fingerprint density at radius 1 is 1.33 bits per heavy atom. The number of ether oxygens (including phenoxy) is 1. The van der Waals surface area contributed by atoms with Gasteiger partial charge in [0, 0.05) is 12.1 Å². The molecule has 0 aliphatic carbocycles. The molecule has 1 aromatic carbocycles. The molecule has 1 aliphatic heterocycles. The van der Waals surface area contributed by atoms with Gasteiger partial charge in [-0.1, -0.05) is 0 Å². The van der Waals surface area contributed by atoms with Crippen molar-refractivity contribution in [3.05, 3.63) is 29.3 Å². The molecule has 0 radical (unpaired) electrons. The number of carbonyl (C=O) groups excluding carboxylic acids is 1. The lowest BCUT2D eigenvalue weighted by Crippen LogP contribution is -2.25. The number of rotatable bonds is 5. The van der Waals surface area contributed by atoms with E-state index in [9.17, 15) is 4.79 Å². The summed E-state index contributed by atoms with van der Waals surface area (Å²) in [6.45, 7) is 5.87. The Morgan fingerprint density at radius 2 is 2.06 bits per heavy atom. The number of benzene rings is 1. The summed E-state index contributed by atoms with van der Waals surface area (Å²) in [5.41, 5.74) is 6.77. The molecular weight excluding hydrogens is 228 g/mol. The standard InChI is InChI=1S/C14H20N2O2/c1-11-8-12(14(15)17)10-13(9-11)18-7-6-16-4-2-3-5-16/h8-10H,2-7H2,1H3,(H2,15,17). The van der Waals surface area contributed by atoms with E-state index in [0.29, 0.717) is 12.2 Å². The van der Waals surface area contributed by atoms with E-state index in [2.05, 4.69) is 4.90 Å². The average molecular weight is 248 g/mol. The third-order valence-electron chi connectivity index (χ3n) is 3.21. The molecule has 98 valence electrons. The van der Waals surface area contributed by atoms with Gasteiger partial charge in [0.15, 0.2) is 0 Å². The first-order chi connectivity index (χ1) is 8.65. The minimum atomic E-state index is -0.414. The van der Waals surface area contributed by atoms with Crippen LogP contribution in [0.5, 0.6) is 5.75 Å². The lowest BCUT2D eigenvalue weighted by Gasteiger charge is -2.15. The number of nitrogens with two attached hydrogens (primary N) is 1. The lowest BCUT2D eigenvalue weighted by atomic mass is 10.1. The molecule has 1 aliphatic rings. The first kappa shape index (κ1) is 12.9. The van der Waals surface area contributed by atoms with Gasteiger partial charge in [0.05, 0.1) is 0 Å². The van der Waals surface area contributed by atoms with Crippen LogP contribution in [0.15, 0.2) is 18.2 Å². The fourth-order valence-electron chi connectivity index (χ4n) is 2.27. The van der Waals surface area contributed by atoms with Gasteiger partial charge >= 0.3 is 0 Å². The van der Waals surface area contributed by atoms with Crippen LogP contribution in [0.25, 0.3) is 0 Å². The summed E-state index contributed by atoms with van der Waals surface area (Å²) in [5.74, 6) is 0.311. The summed E-state index contributed by atoms with van der Waals surface area (Å²) < 4.78 is 5.69. The molecule has 1 fully saturated rings. The van der Waals surface area contributed by atoms with Gasteiger partial charge in [0.2, 0.25) is 5.91 Å². The summed E-state index contributed by atoms with van der Waals surface area (Å²) in [4.78, 5) is 13.5. The molecule has 1 saturated heterocycles. The van der Waals surface area contributed by atoms with E-state index in [0.717, 1.165) is 17.9 Å². The second kappa shape index (κ2) is 5.87. The maximum Gasteiger partial charge on any atom is 0.248 e.